The molecule has 12 aromatic carbocycles. The minimum Gasteiger partial charge on any atom is -0.308 e. The zero-order valence-electron chi connectivity index (χ0n) is 36.0. The zero-order valence-corrected chi connectivity index (χ0v) is 36.0. The van der Waals surface area contributed by atoms with Gasteiger partial charge in [0.25, 0.3) is 0 Å². The molecule has 14 aromatic rings. The van der Waals surface area contributed by atoms with Gasteiger partial charge in [-0.15, -0.1) is 0 Å². The van der Waals surface area contributed by atoms with Gasteiger partial charge >= 0.3 is 0 Å². The van der Waals surface area contributed by atoms with Gasteiger partial charge in [-0.2, -0.15) is 0 Å². The number of benzene rings is 12. The van der Waals surface area contributed by atoms with Gasteiger partial charge in [0.15, 0.2) is 0 Å². The van der Waals surface area contributed by atoms with E-state index in [9.17, 15) is 0 Å². The van der Waals surface area contributed by atoms with E-state index < -0.39 is 0 Å². The summed E-state index contributed by atoms with van der Waals surface area (Å²) in [4.78, 5) is 0. The second-order valence-corrected chi connectivity index (χ2v) is 17.6. The van der Waals surface area contributed by atoms with Crippen molar-refractivity contribution in [3.05, 3.63) is 243 Å². The van der Waals surface area contributed by atoms with Crippen LogP contribution >= 0.6 is 0 Å². The van der Waals surface area contributed by atoms with Gasteiger partial charge in [-0.3, -0.25) is 0 Å². The molecule has 0 unspecified atom stereocenters. The predicted octanol–water partition coefficient (Wildman–Crippen LogP) is 17.4. The average Bonchev–Trinajstić information content (AvgIpc) is 3.92. The summed E-state index contributed by atoms with van der Waals surface area (Å²) in [6.07, 6.45) is 0. The molecule has 0 aliphatic heterocycles. The summed E-state index contributed by atoms with van der Waals surface area (Å²) in [5.41, 5.74) is 14.3. The summed E-state index contributed by atoms with van der Waals surface area (Å²) in [5, 5.41) is 14.9. The lowest BCUT2D eigenvalue weighted by molar-refractivity contribution is 1.14. The predicted molar refractivity (Wildman–Crippen MR) is 281 cm³/mol. The number of fused-ring (bicyclic) bond motifs is 6. The number of aromatic nitrogens is 2. The van der Waals surface area contributed by atoms with E-state index in [2.05, 4.69) is 252 Å². The van der Waals surface area contributed by atoms with Crippen molar-refractivity contribution in [2.75, 3.05) is 0 Å². The van der Waals surface area contributed by atoms with Crippen LogP contribution in [0, 0.1) is 0 Å². The number of hydrogen-bond donors (Lipinski definition) is 0. The van der Waals surface area contributed by atoms with Crippen LogP contribution in [0.5, 0.6) is 0 Å². The van der Waals surface area contributed by atoms with Crippen LogP contribution in [0.1, 0.15) is 0 Å². The number of nitrogens with zero attached hydrogens (tertiary/aromatic N) is 2. The Balaban J connectivity index is 1.18. The molecule has 0 atom stereocenters. The second-order valence-electron chi connectivity index (χ2n) is 17.6. The van der Waals surface area contributed by atoms with E-state index >= 15 is 0 Å². The normalized spacial score (nSPS) is 11.9. The molecule has 66 heavy (non-hydrogen) atoms. The Kier molecular flexibility index (Phi) is 8.02. The molecule has 0 saturated carbocycles. The molecule has 0 amide bonds. The SMILES string of the molecule is c1ccc(-c2c(-c3ccccc3)n(-c3ccc4ccccc4c3)c3c2cc2ccc4c5c(ccc3c25)cc2c(-c3ccccc3)c(-c3ccccc3)n(-c3ccc5ccccc5c3)c24)cc1. The minimum absolute atomic E-state index is 1.14. The standard InChI is InChI=1S/C64H40N2/c1-5-19-43(20-6-1)59-55-39-49-31-36-54-58-50(32-35-53(57(49)58)63(55)65(61(59)45-23-9-3-10-24-45)51-33-29-41-17-13-15-27-47(41)37-51)40-56-60(44-21-7-2-8-22-44)62(46-25-11-4-12-26-46)66(64(54)56)52-34-30-42-18-14-16-28-48(42)38-52/h1-40H. The molecule has 2 heterocycles. The third-order valence-corrected chi connectivity index (χ3v) is 14.0. The van der Waals surface area contributed by atoms with Crippen LogP contribution in [-0.2, 0) is 0 Å². The smallest absolute Gasteiger partial charge is 0.0620 e. The lowest BCUT2D eigenvalue weighted by Crippen LogP contribution is -1.99. The summed E-state index contributed by atoms with van der Waals surface area (Å²) in [7, 11) is 0. The van der Waals surface area contributed by atoms with Crippen molar-refractivity contribution < 1.29 is 0 Å². The summed E-state index contributed by atoms with van der Waals surface area (Å²) in [5.74, 6) is 0. The lowest BCUT2D eigenvalue weighted by atomic mass is 9.89. The molecule has 2 heteroatoms. The molecule has 14 rings (SSSR count). The van der Waals surface area contributed by atoms with E-state index in [0.717, 1.165) is 11.4 Å². The van der Waals surface area contributed by atoms with Crippen molar-refractivity contribution in [2.45, 2.75) is 0 Å². The van der Waals surface area contributed by atoms with Crippen molar-refractivity contribution in [2.24, 2.45) is 0 Å². The molecule has 0 aliphatic carbocycles. The molecule has 0 spiro atoms. The van der Waals surface area contributed by atoms with Gasteiger partial charge in [0.1, 0.15) is 0 Å². The Morgan fingerprint density at radius 3 is 0.955 bits per heavy atom. The van der Waals surface area contributed by atoms with Crippen LogP contribution in [0.4, 0.5) is 0 Å². The maximum Gasteiger partial charge on any atom is 0.0620 e. The summed E-state index contributed by atoms with van der Waals surface area (Å²) in [6, 6.07) is 89.7. The first-order valence-corrected chi connectivity index (χ1v) is 22.8. The first kappa shape index (κ1) is 36.7. The Morgan fingerprint density at radius 2 is 0.561 bits per heavy atom. The van der Waals surface area contributed by atoms with Crippen LogP contribution in [0.2, 0.25) is 0 Å². The second kappa shape index (κ2) is 14.4. The van der Waals surface area contributed by atoms with Gasteiger partial charge in [0.05, 0.1) is 22.4 Å². The first-order valence-electron chi connectivity index (χ1n) is 22.8. The van der Waals surface area contributed by atoms with Gasteiger partial charge in [0.2, 0.25) is 0 Å². The maximum absolute atomic E-state index is 2.56. The fourth-order valence-electron chi connectivity index (χ4n) is 11.2. The highest BCUT2D eigenvalue weighted by Crippen LogP contribution is 2.51. The van der Waals surface area contributed by atoms with Gasteiger partial charge < -0.3 is 9.13 Å². The van der Waals surface area contributed by atoms with Crippen LogP contribution in [0.3, 0.4) is 0 Å². The van der Waals surface area contributed by atoms with Gasteiger partial charge in [0, 0.05) is 44.0 Å². The van der Waals surface area contributed by atoms with Gasteiger partial charge in [-0.05, 0) is 102 Å². The number of hydrogen-bond acceptors (Lipinski definition) is 0. The van der Waals surface area contributed by atoms with E-state index in [1.54, 1.807) is 0 Å². The number of rotatable bonds is 6. The maximum atomic E-state index is 2.56. The van der Waals surface area contributed by atoms with E-state index in [1.807, 2.05) is 0 Å². The topological polar surface area (TPSA) is 9.86 Å². The van der Waals surface area contributed by atoms with Crippen molar-refractivity contribution in [3.63, 3.8) is 0 Å². The van der Waals surface area contributed by atoms with E-state index in [-0.39, 0.29) is 0 Å². The fraction of sp³-hybridized carbons (Fsp3) is 0. The van der Waals surface area contributed by atoms with Crippen LogP contribution < -0.4 is 0 Å². The molecule has 0 N–H and O–H groups in total. The van der Waals surface area contributed by atoms with Crippen LogP contribution in [0.25, 0.3) is 132 Å². The van der Waals surface area contributed by atoms with E-state index in [0.29, 0.717) is 0 Å². The molecule has 0 fully saturated rings. The first-order chi connectivity index (χ1) is 32.8. The van der Waals surface area contributed by atoms with Crippen molar-refractivity contribution in [3.8, 4) is 56.1 Å². The third-order valence-electron chi connectivity index (χ3n) is 14.0. The van der Waals surface area contributed by atoms with Crippen LogP contribution in [-0.4, -0.2) is 9.13 Å². The third kappa shape index (κ3) is 5.42. The van der Waals surface area contributed by atoms with E-state index in [4.69, 9.17) is 0 Å². The summed E-state index contributed by atoms with van der Waals surface area (Å²) in [6.45, 7) is 0. The zero-order chi connectivity index (χ0) is 43.3. The van der Waals surface area contributed by atoms with E-state index in [1.165, 1.54) is 120 Å². The molecular weight excluding hydrogens is 797 g/mol. The highest BCUT2D eigenvalue weighted by Gasteiger charge is 2.28. The Bertz CT molecular complexity index is 3910. The molecule has 0 radical (unpaired) electrons. The van der Waals surface area contributed by atoms with Crippen molar-refractivity contribution >= 4 is 75.7 Å². The fourth-order valence-corrected chi connectivity index (χ4v) is 11.2. The average molecular weight is 837 g/mol. The molecular formula is C64H40N2. The quantitative estimate of drug-likeness (QED) is 0.148. The molecule has 306 valence electrons. The molecule has 2 nitrogen and oxygen atoms in total. The summed E-state index contributed by atoms with van der Waals surface area (Å²) < 4.78 is 5.11. The van der Waals surface area contributed by atoms with Gasteiger partial charge in [-0.25, -0.2) is 0 Å². The Labute approximate surface area is 381 Å². The highest BCUT2D eigenvalue weighted by molar-refractivity contribution is 6.35. The molecule has 0 bridgehead atoms. The minimum atomic E-state index is 1.14. The van der Waals surface area contributed by atoms with Crippen molar-refractivity contribution in [1.82, 2.24) is 9.13 Å². The lowest BCUT2D eigenvalue weighted by Gasteiger charge is -2.18. The monoisotopic (exact) mass is 836 g/mol. The highest BCUT2D eigenvalue weighted by atomic mass is 15.0. The van der Waals surface area contributed by atoms with Crippen molar-refractivity contribution in [1.29, 1.82) is 0 Å². The Hall–Kier alpha value is -8.72. The largest absolute Gasteiger partial charge is 0.308 e. The van der Waals surface area contributed by atoms with Crippen LogP contribution in [0.15, 0.2) is 243 Å². The molecule has 2 aromatic heterocycles. The Morgan fingerprint density at radius 1 is 0.227 bits per heavy atom. The molecule has 0 aliphatic rings. The van der Waals surface area contributed by atoms with Gasteiger partial charge in [-0.1, -0.05) is 206 Å². The summed E-state index contributed by atoms with van der Waals surface area (Å²) >= 11 is 0. The molecule has 0 saturated heterocycles.